The van der Waals surface area contributed by atoms with E-state index in [-0.39, 0.29) is 0 Å². The van der Waals surface area contributed by atoms with Crippen LogP contribution in [0.2, 0.25) is 10.0 Å². The molecule has 0 aliphatic carbocycles. The summed E-state index contributed by atoms with van der Waals surface area (Å²) >= 11 is 12.1. The predicted octanol–water partition coefficient (Wildman–Crippen LogP) is 6.64. The van der Waals surface area contributed by atoms with Gasteiger partial charge in [-0.15, -0.1) is 0 Å². The van der Waals surface area contributed by atoms with Crippen LogP contribution in [-0.2, 0) is 12.7 Å². The van der Waals surface area contributed by atoms with Crippen molar-refractivity contribution in [1.82, 2.24) is 4.98 Å². The molecular weight excluding hydrogens is 384 g/mol. The maximum atomic E-state index is 12.7. The Kier molecular flexibility index (Phi) is 5.21. The Morgan fingerprint density at radius 3 is 2.27 bits per heavy atom. The van der Waals surface area contributed by atoms with Gasteiger partial charge in [0.25, 0.3) is 0 Å². The van der Waals surface area contributed by atoms with Crippen LogP contribution in [0.15, 0.2) is 54.9 Å². The molecule has 3 rings (SSSR count). The molecule has 0 amide bonds. The molecule has 1 aromatic heterocycles. The van der Waals surface area contributed by atoms with Gasteiger partial charge in [-0.05, 0) is 35.4 Å². The van der Waals surface area contributed by atoms with Crippen molar-refractivity contribution in [3.63, 3.8) is 0 Å². The van der Waals surface area contributed by atoms with Crippen molar-refractivity contribution in [3.8, 4) is 11.1 Å². The highest BCUT2D eigenvalue weighted by atomic mass is 35.5. The Hall–Kier alpha value is -2.11. The normalized spacial score (nSPS) is 11.6. The second-order valence-electron chi connectivity index (χ2n) is 5.93. The molecule has 0 spiro atoms. The van der Waals surface area contributed by atoms with Crippen molar-refractivity contribution in [2.24, 2.45) is 0 Å². The summed E-state index contributed by atoms with van der Waals surface area (Å²) in [6.45, 7) is 0.463. The van der Waals surface area contributed by atoms with E-state index in [1.807, 2.05) is 30.4 Å². The zero-order chi connectivity index (χ0) is 18.9. The average molecular weight is 399 g/mol. The number of nitrogens with one attached hydrogen (secondary N) is 1. The summed E-state index contributed by atoms with van der Waals surface area (Å²) in [5.74, 6) is 0. The van der Waals surface area contributed by atoms with E-state index in [0.717, 1.165) is 34.5 Å². The number of anilines is 1. The highest BCUT2D eigenvalue weighted by Crippen LogP contribution is 2.35. The minimum Gasteiger partial charge on any atom is -0.369 e. The number of alkyl halides is 3. The minimum atomic E-state index is -4.33. The van der Waals surface area contributed by atoms with Crippen LogP contribution in [0.1, 0.15) is 11.1 Å². The first-order valence-electron chi connectivity index (χ1n) is 7.75. The molecule has 1 heterocycles. The maximum absolute atomic E-state index is 12.7. The van der Waals surface area contributed by atoms with Crippen molar-refractivity contribution in [3.05, 3.63) is 76.0 Å². The van der Waals surface area contributed by atoms with Gasteiger partial charge in [-0.25, -0.2) is 0 Å². The van der Waals surface area contributed by atoms with Gasteiger partial charge >= 0.3 is 6.18 Å². The summed E-state index contributed by atoms with van der Waals surface area (Å²) in [6.07, 6.45) is -0.647. The molecular formula is C19H15Cl2F3N2. The fraction of sp³-hybridized carbons (Fsp3) is 0.158. The van der Waals surface area contributed by atoms with E-state index < -0.39 is 11.7 Å². The smallest absolute Gasteiger partial charge is 0.369 e. The SMILES string of the molecule is CN(Cc1ccc(C(F)(F)F)cc1)c1c[nH]cc1-c1ccc(Cl)c(Cl)c1. The van der Waals surface area contributed by atoms with Crippen LogP contribution in [0, 0.1) is 0 Å². The third-order valence-corrected chi connectivity index (χ3v) is 4.81. The van der Waals surface area contributed by atoms with E-state index in [1.54, 1.807) is 12.1 Å². The first-order valence-corrected chi connectivity index (χ1v) is 8.51. The van der Waals surface area contributed by atoms with Crippen LogP contribution in [0.4, 0.5) is 18.9 Å². The number of H-pyrrole nitrogens is 1. The van der Waals surface area contributed by atoms with Gasteiger partial charge in [0, 0.05) is 31.5 Å². The van der Waals surface area contributed by atoms with Gasteiger partial charge in [0.05, 0.1) is 21.3 Å². The second-order valence-corrected chi connectivity index (χ2v) is 6.75. The van der Waals surface area contributed by atoms with Gasteiger partial charge in [-0.3, -0.25) is 0 Å². The Labute approximate surface area is 159 Å². The fourth-order valence-electron chi connectivity index (χ4n) is 2.72. The molecule has 0 aliphatic heterocycles. The Morgan fingerprint density at radius 1 is 0.962 bits per heavy atom. The maximum Gasteiger partial charge on any atom is 0.416 e. The zero-order valence-electron chi connectivity index (χ0n) is 13.7. The summed E-state index contributed by atoms with van der Waals surface area (Å²) in [4.78, 5) is 5.02. The minimum absolute atomic E-state index is 0.460. The van der Waals surface area contributed by atoms with Crippen LogP contribution in [0.25, 0.3) is 11.1 Å². The van der Waals surface area contributed by atoms with E-state index in [2.05, 4.69) is 4.98 Å². The molecule has 0 saturated heterocycles. The molecule has 0 radical (unpaired) electrons. The van der Waals surface area contributed by atoms with Gasteiger partial charge in [0.15, 0.2) is 0 Å². The first kappa shape index (κ1) is 18.7. The van der Waals surface area contributed by atoms with Crippen molar-refractivity contribution in [2.75, 3.05) is 11.9 Å². The third-order valence-electron chi connectivity index (χ3n) is 4.07. The van der Waals surface area contributed by atoms with Gasteiger partial charge in [-0.1, -0.05) is 41.4 Å². The molecule has 136 valence electrons. The summed E-state index contributed by atoms with van der Waals surface area (Å²) in [5.41, 5.74) is 2.86. The van der Waals surface area contributed by atoms with Crippen molar-refractivity contribution in [1.29, 1.82) is 0 Å². The van der Waals surface area contributed by atoms with E-state index in [0.29, 0.717) is 16.6 Å². The molecule has 0 saturated carbocycles. The number of benzene rings is 2. The van der Waals surface area contributed by atoms with Crippen LogP contribution < -0.4 is 4.90 Å². The summed E-state index contributed by atoms with van der Waals surface area (Å²) in [5, 5.41) is 0.937. The van der Waals surface area contributed by atoms with Crippen LogP contribution >= 0.6 is 23.2 Å². The van der Waals surface area contributed by atoms with E-state index in [4.69, 9.17) is 23.2 Å². The lowest BCUT2D eigenvalue weighted by molar-refractivity contribution is -0.137. The first-order chi connectivity index (χ1) is 12.3. The molecule has 3 aromatic rings. The summed E-state index contributed by atoms with van der Waals surface area (Å²) in [7, 11) is 1.88. The molecule has 0 bridgehead atoms. The molecule has 2 aromatic carbocycles. The van der Waals surface area contributed by atoms with Gasteiger partial charge in [0.1, 0.15) is 0 Å². The third kappa shape index (κ3) is 4.00. The van der Waals surface area contributed by atoms with Gasteiger partial charge in [-0.2, -0.15) is 13.2 Å². The number of rotatable bonds is 4. The summed E-state index contributed by atoms with van der Waals surface area (Å²) < 4.78 is 38.0. The van der Waals surface area contributed by atoms with Crippen LogP contribution in [0.3, 0.4) is 0 Å². The van der Waals surface area contributed by atoms with Crippen LogP contribution in [0.5, 0.6) is 0 Å². The zero-order valence-corrected chi connectivity index (χ0v) is 15.3. The number of aromatic amines is 1. The van der Waals surface area contributed by atoms with E-state index >= 15 is 0 Å². The van der Waals surface area contributed by atoms with Gasteiger partial charge in [0.2, 0.25) is 0 Å². The average Bonchev–Trinajstić information content (AvgIpc) is 3.07. The largest absolute Gasteiger partial charge is 0.416 e. The Morgan fingerprint density at radius 2 is 1.65 bits per heavy atom. The molecule has 0 fully saturated rings. The van der Waals surface area contributed by atoms with E-state index in [9.17, 15) is 13.2 Å². The number of halogens is 5. The number of nitrogens with zero attached hydrogens (tertiary/aromatic N) is 1. The highest BCUT2D eigenvalue weighted by Gasteiger charge is 2.29. The predicted molar refractivity (Wildman–Crippen MR) is 99.8 cm³/mol. The Bertz CT molecular complexity index is 902. The molecule has 0 aliphatic rings. The molecule has 7 heteroatoms. The molecule has 26 heavy (non-hydrogen) atoms. The number of hydrogen-bond donors (Lipinski definition) is 1. The number of aromatic nitrogens is 1. The van der Waals surface area contributed by atoms with Crippen molar-refractivity contribution >= 4 is 28.9 Å². The lowest BCUT2D eigenvalue weighted by Gasteiger charge is -2.20. The molecule has 0 unspecified atom stereocenters. The lowest BCUT2D eigenvalue weighted by atomic mass is 10.1. The highest BCUT2D eigenvalue weighted by molar-refractivity contribution is 6.42. The number of hydrogen-bond acceptors (Lipinski definition) is 1. The summed E-state index contributed by atoms with van der Waals surface area (Å²) in [6, 6.07) is 10.6. The molecule has 0 atom stereocenters. The van der Waals surface area contributed by atoms with Crippen molar-refractivity contribution < 1.29 is 13.2 Å². The monoisotopic (exact) mass is 398 g/mol. The van der Waals surface area contributed by atoms with Gasteiger partial charge < -0.3 is 9.88 Å². The fourth-order valence-corrected chi connectivity index (χ4v) is 3.02. The lowest BCUT2D eigenvalue weighted by Crippen LogP contribution is -2.16. The topological polar surface area (TPSA) is 19.0 Å². The standard InChI is InChI=1S/C19H15Cl2F3N2/c1-26(11-12-2-5-14(6-3-12)19(22,23)24)18-10-25-9-15(18)13-4-7-16(20)17(21)8-13/h2-10,25H,11H2,1H3. The molecule has 1 N–H and O–H groups in total. The van der Waals surface area contributed by atoms with Crippen LogP contribution in [-0.4, -0.2) is 12.0 Å². The quantitative estimate of drug-likeness (QED) is 0.521. The van der Waals surface area contributed by atoms with E-state index in [1.165, 1.54) is 12.1 Å². The second kappa shape index (κ2) is 7.25. The molecule has 2 nitrogen and oxygen atoms in total. The van der Waals surface area contributed by atoms with Crippen molar-refractivity contribution in [2.45, 2.75) is 12.7 Å². The Balaban J connectivity index is 1.82.